The Hall–Kier alpha value is -4.15. The summed E-state index contributed by atoms with van der Waals surface area (Å²) in [6, 6.07) is 13.3. The molecule has 1 aliphatic heterocycles. The topological polar surface area (TPSA) is 84.9 Å². The number of carbonyl (C=O) groups is 3. The molecule has 0 aromatic heterocycles. The zero-order valence-corrected chi connectivity index (χ0v) is 22.8. The fourth-order valence-corrected chi connectivity index (χ4v) is 4.80. The minimum Gasteiger partial charge on any atom is -0.493 e. The molecule has 40 heavy (non-hydrogen) atoms. The first kappa shape index (κ1) is 28.8. The number of thioether (sulfide) groups is 1. The number of imide groups is 1. The van der Waals surface area contributed by atoms with E-state index in [0.29, 0.717) is 46.3 Å². The molecule has 3 amide bonds. The molecular formula is C29H23ClF2N2O5S. The van der Waals surface area contributed by atoms with Gasteiger partial charge in [-0.1, -0.05) is 29.8 Å². The highest BCUT2D eigenvalue weighted by atomic mass is 35.5. The van der Waals surface area contributed by atoms with Gasteiger partial charge in [0.05, 0.1) is 17.7 Å². The smallest absolute Gasteiger partial charge is 0.294 e. The molecule has 0 atom stereocenters. The van der Waals surface area contributed by atoms with E-state index in [0.717, 1.165) is 28.2 Å². The summed E-state index contributed by atoms with van der Waals surface area (Å²) in [6.45, 7) is 3.42. The summed E-state index contributed by atoms with van der Waals surface area (Å²) in [5, 5.41) is 2.19. The maximum absolute atomic E-state index is 13.9. The van der Waals surface area contributed by atoms with Crippen LogP contribution in [-0.2, 0) is 22.6 Å². The number of ether oxygens (including phenoxy) is 2. The number of benzene rings is 3. The molecule has 4 rings (SSSR count). The predicted molar refractivity (Wildman–Crippen MR) is 150 cm³/mol. The number of amides is 3. The first-order chi connectivity index (χ1) is 19.2. The molecule has 11 heteroatoms. The van der Waals surface area contributed by atoms with Crippen LogP contribution in [0.25, 0.3) is 6.08 Å². The van der Waals surface area contributed by atoms with Gasteiger partial charge < -0.3 is 14.8 Å². The van der Waals surface area contributed by atoms with Crippen LogP contribution < -0.4 is 14.8 Å². The van der Waals surface area contributed by atoms with Gasteiger partial charge in [0.2, 0.25) is 5.91 Å². The summed E-state index contributed by atoms with van der Waals surface area (Å²) in [4.78, 5) is 38.7. The molecule has 1 heterocycles. The Kier molecular flexibility index (Phi) is 9.23. The second-order valence-electron chi connectivity index (χ2n) is 8.56. The van der Waals surface area contributed by atoms with E-state index in [2.05, 4.69) is 11.9 Å². The third-order valence-electron chi connectivity index (χ3n) is 5.71. The number of rotatable bonds is 10. The minimum absolute atomic E-state index is 0.0900. The molecule has 0 aliphatic carbocycles. The number of hydrogen-bond acceptors (Lipinski definition) is 6. The molecule has 3 aromatic carbocycles. The van der Waals surface area contributed by atoms with Gasteiger partial charge in [0.25, 0.3) is 11.1 Å². The van der Waals surface area contributed by atoms with Gasteiger partial charge in [0.1, 0.15) is 24.8 Å². The van der Waals surface area contributed by atoms with Crippen molar-refractivity contribution in [2.75, 3.05) is 19.0 Å². The van der Waals surface area contributed by atoms with Crippen molar-refractivity contribution in [2.24, 2.45) is 0 Å². The van der Waals surface area contributed by atoms with Crippen LogP contribution in [0, 0.1) is 11.6 Å². The van der Waals surface area contributed by atoms with Crippen molar-refractivity contribution in [1.29, 1.82) is 0 Å². The Labute approximate surface area is 238 Å². The lowest BCUT2D eigenvalue weighted by Gasteiger charge is -2.16. The fourth-order valence-electron chi connectivity index (χ4n) is 3.84. The Morgan fingerprint density at radius 3 is 2.55 bits per heavy atom. The van der Waals surface area contributed by atoms with Crippen LogP contribution in [0.4, 0.5) is 19.3 Å². The van der Waals surface area contributed by atoms with E-state index in [9.17, 15) is 23.2 Å². The zero-order valence-electron chi connectivity index (χ0n) is 21.2. The van der Waals surface area contributed by atoms with Gasteiger partial charge in [-0.05, 0) is 71.8 Å². The fraction of sp³-hybridized carbons (Fsp3) is 0.138. The summed E-state index contributed by atoms with van der Waals surface area (Å²) in [7, 11) is 1.49. The summed E-state index contributed by atoms with van der Waals surface area (Å²) in [5.74, 6) is -2.36. The van der Waals surface area contributed by atoms with E-state index in [1.165, 1.54) is 13.2 Å². The maximum Gasteiger partial charge on any atom is 0.294 e. The lowest BCUT2D eigenvalue weighted by atomic mass is 10.0. The van der Waals surface area contributed by atoms with E-state index < -0.39 is 35.2 Å². The van der Waals surface area contributed by atoms with Gasteiger partial charge in [0, 0.05) is 16.7 Å². The van der Waals surface area contributed by atoms with Crippen molar-refractivity contribution in [1.82, 2.24) is 4.90 Å². The van der Waals surface area contributed by atoms with Gasteiger partial charge >= 0.3 is 0 Å². The Morgan fingerprint density at radius 1 is 1.12 bits per heavy atom. The number of carbonyl (C=O) groups excluding carboxylic acids is 3. The van der Waals surface area contributed by atoms with Gasteiger partial charge in [0.15, 0.2) is 11.5 Å². The molecule has 1 fully saturated rings. The Balaban J connectivity index is 1.52. The molecule has 1 saturated heterocycles. The van der Waals surface area contributed by atoms with Crippen LogP contribution in [0.15, 0.2) is 72.2 Å². The molecule has 0 spiro atoms. The van der Waals surface area contributed by atoms with Gasteiger partial charge in [-0.2, -0.15) is 0 Å². The second kappa shape index (κ2) is 12.8. The molecule has 0 radical (unpaired) electrons. The second-order valence-corrected chi connectivity index (χ2v) is 9.99. The first-order valence-electron chi connectivity index (χ1n) is 11.9. The number of hydrogen-bond donors (Lipinski definition) is 1. The number of nitrogens with zero attached hydrogens (tertiary/aromatic N) is 1. The van der Waals surface area contributed by atoms with Crippen LogP contribution in [0.2, 0.25) is 5.02 Å². The van der Waals surface area contributed by atoms with Crippen molar-refractivity contribution in [3.8, 4) is 11.5 Å². The van der Waals surface area contributed by atoms with Crippen LogP contribution >= 0.6 is 23.4 Å². The van der Waals surface area contributed by atoms with Crippen LogP contribution in [0.3, 0.4) is 0 Å². The van der Waals surface area contributed by atoms with E-state index in [1.807, 2.05) is 12.1 Å². The van der Waals surface area contributed by atoms with E-state index in [-0.39, 0.29) is 17.2 Å². The lowest BCUT2D eigenvalue weighted by molar-refractivity contribution is -0.127. The van der Waals surface area contributed by atoms with E-state index in [4.69, 9.17) is 21.1 Å². The molecule has 1 aliphatic rings. The normalized spacial score (nSPS) is 14.0. The molecule has 0 saturated carbocycles. The highest BCUT2D eigenvalue weighted by molar-refractivity contribution is 8.18. The maximum atomic E-state index is 13.9. The Morgan fingerprint density at radius 2 is 1.88 bits per heavy atom. The van der Waals surface area contributed by atoms with Crippen molar-refractivity contribution >= 4 is 52.2 Å². The summed E-state index contributed by atoms with van der Waals surface area (Å²) in [6.07, 6.45) is 3.65. The number of allylic oxidation sites excluding steroid dienone is 1. The molecule has 1 N–H and O–H groups in total. The number of methoxy groups -OCH3 is 1. The summed E-state index contributed by atoms with van der Waals surface area (Å²) >= 11 is 6.62. The molecular weight excluding hydrogens is 562 g/mol. The predicted octanol–water partition coefficient (Wildman–Crippen LogP) is 6.61. The third kappa shape index (κ3) is 6.88. The Bertz CT molecular complexity index is 1510. The van der Waals surface area contributed by atoms with Crippen molar-refractivity contribution < 1.29 is 32.6 Å². The number of halogens is 3. The van der Waals surface area contributed by atoms with Crippen molar-refractivity contribution in [3.63, 3.8) is 0 Å². The molecule has 206 valence electrons. The van der Waals surface area contributed by atoms with Crippen molar-refractivity contribution in [3.05, 3.63) is 106 Å². The quantitative estimate of drug-likeness (QED) is 0.213. The first-order valence-corrected chi connectivity index (χ1v) is 13.1. The zero-order chi connectivity index (χ0) is 28.8. The lowest BCUT2D eigenvalue weighted by Crippen LogP contribution is -2.36. The highest BCUT2D eigenvalue weighted by Gasteiger charge is 2.36. The molecule has 3 aromatic rings. The summed E-state index contributed by atoms with van der Waals surface area (Å²) in [5.41, 5.74) is 1.94. The van der Waals surface area contributed by atoms with E-state index >= 15 is 0 Å². The van der Waals surface area contributed by atoms with E-state index in [1.54, 1.807) is 30.3 Å². The van der Waals surface area contributed by atoms with Gasteiger partial charge in [-0.3, -0.25) is 19.3 Å². The van der Waals surface area contributed by atoms with Gasteiger partial charge in [-0.15, -0.1) is 6.58 Å². The van der Waals surface area contributed by atoms with Crippen molar-refractivity contribution in [2.45, 2.75) is 13.0 Å². The molecule has 7 nitrogen and oxygen atoms in total. The molecule has 0 bridgehead atoms. The van der Waals surface area contributed by atoms with Crippen LogP contribution in [-0.4, -0.2) is 35.6 Å². The molecule has 0 unspecified atom stereocenters. The highest BCUT2D eigenvalue weighted by Crippen LogP contribution is 2.37. The number of anilines is 1. The monoisotopic (exact) mass is 584 g/mol. The largest absolute Gasteiger partial charge is 0.493 e. The minimum atomic E-state index is -0.979. The summed E-state index contributed by atoms with van der Waals surface area (Å²) < 4.78 is 38.6. The van der Waals surface area contributed by atoms with Crippen LogP contribution in [0.1, 0.15) is 16.7 Å². The average molecular weight is 585 g/mol. The standard InChI is InChI=1S/C29H23ClF2N2O5S/c1-3-4-19-11-18(12-24(38-2)27(19)39-16-17-5-7-20(30)8-6-17)13-25-28(36)34(29(37)40-25)15-26(35)33-23-10-9-21(31)14-22(23)32/h3,5-14H,1,4,15-16H2,2H3,(H,33,35)/b25-13-. The van der Waals surface area contributed by atoms with Crippen LogP contribution in [0.5, 0.6) is 11.5 Å². The average Bonchev–Trinajstić information content (AvgIpc) is 3.17. The number of nitrogens with one attached hydrogen (secondary N) is 1. The SMILES string of the molecule is C=CCc1cc(/C=C2\SC(=O)N(CC(=O)Nc3ccc(F)cc3F)C2=O)cc(OC)c1OCc1ccc(Cl)cc1. The van der Waals surface area contributed by atoms with Gasteiger partial charge in [-0.25, -0.2) is 8.78 Å². The third-order valence-corrected chi connectivity index (χ3v) is 6.87.